The number of nitro groups is 1. The van der Waals surface area contributed by atoms with E-state index in [1.165, 1.54) is 6.07 Å². The van der Waals surface area contributed by atoms with Crippen molar-refractivity contribution in [3.63, 3.8) is 0 Å². The lowest BCUT2D eigenvalue weighted by Gasteiger charge is -2.08. The number of ether oxygens (including phenoxy) is 1. The van der Waals surface area contributed by atoms with Gasteiger partial charge in [0.2, 0.25) is 0 Å². The molecule has 5 nitrogen and oxygen atoms in total. The zero-order valence-electron chi connectivity index (χ0n) is 10.6. The maximum Gasteiger partial charge on any atom is 0.292 e. The van der Waals surface area contributed by atoms with E-state index in [-0.39, 0.29) is 10.6 Å². The van der Waals surface area contributed by atoms with E-state index >= 15 is 0 Å². The number of rotatable bonds is 8. The lowest BCUT2D eigenvalue weighted by atomic mass is 10.2. The number of nitro benzene ring substituents is 1. The van der Waals surface area contributed by atoms with Gasteiger partial charge in [-0.1, -0.05) is 0 Å². The molecule has 1 rings (SSSR count). The summed E-state index contributed by atoms with van der Waals surface area (Å²) in [5.74, 6) is 1.73. The molecule has 1 aromatic rings. The van der Waals surface area contributed by atoms with Crippen LogP contribution >= 0.6 is 11.8 Å². The molecule has 0 atom stereocenters. The van der Waals surface area contributed by atoms with Gasteiger partial charge in [-0.15, -0.1) is 0 Å². The van der Waals surface area contributed by atoms with Crippen molar-refractivity contribution in [1.29, 1.82) is 0 Å². The molecule has 0 amide bonds. The van der Waals surface area contributed by atoms with E-state index in [0.29, 0.717) is 11.4 Å². The van der Waals surface area contributed by atoms with Crippen LogP contribution in [-0.2, 0) is 0 Å². The molecule has 0 aliphatic carbocycles. The fourth-order valence-electron chi connectivity index (χ4n) is 1.54. The summed E-state index contributed by atoms with van der Waals surface area (Å²) in [5.41, 5.74) is 0.601. The number of hydrogen-bond donors (Lipinski definition) is 1. The van der Waals surface area contributed by atoms with Crippen LogP contribution in [0.15, 0.2) is 18.2 Å². The zero-order valence-corrected chi connectivity index (χ0v) is 11.5. The monoisotopic (exact) mass is 270 g/mol. The Morgan fingerprint density at radius 1 is 1.44 bits per heavy atom. The minimum atomic E-state index is -0.385. The molecule has 0 spiro atoms. The van der Waals surface area contributed by atoms with Crippen molar-refractivity contribution in [1.82, 2.24) is 0 Å². The first kappa shape index (κ1) is 14.6. The highest BCUT2D eigenvalue weighted by molar-refractivity contribution is 7.98. The molecule has 6 heteroatoms. The number of thioether (sulfide) groups is 1. The van der Waals surface area contributed by atoms with Crippen LogP contribution in [0.3, 0.4) is 0 Å². The summed E-state index contributed by atoms with van der Waals surface area (Å²) in [6.45, 7) is 0.731. The van der Waals surface area contributed by atoms with Gasteiger partial charge in [0.15, 0.2) is 0 Å². The van der Waals surface area contributed by atoms with Gasteiger partial charge in [0.1, 0.15) is 11.4 Å². The second kappa shape index (κ2) is 7.81. The number of benzene rings is 1. The molecule has 0 fully saturated rings. The summed E-state index contributed by atoms with van der Waals surface area (Å²) in [4.78, 5) is 10.5. The van der Waals surface area contributed by atoms with E-state index in [4.69, 9.17) is 4.74 Å². The van der Waals surface area contributed by atoms with Crippen molar-refractivity contribution in [3.05, 3.63) is 28.3 Å². The highest BCUT2D eigenvalue weighted by Crippen LogP contribution is 2.28. The molecule has 0 radical (unpaired) electrons. The maximum atomic E-state index is 10.9. The lowest BCUT2D eigenvalue weighted by molar-refractivity contribution is -0.384. The van der Waals surface area contributed by atoms with Crippen molar-refractivity contribution >= 4 is 23.1 Å². The van der Waals surface area contributed by atoms with E-state index in [2.05, 4.69) is 11.6 Å². The summed E-state index contributed by atoms with van der Waals surface area (Å²) in [6, 6.07) is 4.72. The smallest absolute Gasteiger partial charge is 0.292 e. The van der Waals surface area contributed by atoms with Crippen molar-refractivity contribution in [2.24, 2.45) is 0 Å². The van der Waals surface area contributed by atoms with Crippen LogP contribution in [0.1, 0.15) is 12.8 Å². The van der Waals surface area contributed by atoms with Crippen LogP contribution in [0, 0.1) is 10.1 Å². The molecule has 100 valence electrons. The molecular formula is C12H18N2O3S. The van der Waals surface area contributed by atoms with Crippen molar-refractivity contribution in [2.45, 2.75) is 12.8 Å². The van der Waals surface area contributed by atoms with E-state index in [9.17, 15) is 10.1 Å². The first-order valence-electron chi connectivity index (χ1n) is 5.74. The van der Waals surface area contributed by atoms with Crippen LogP contribution < -0.4 is 10.1 Å². The Kier molecular flexibility index (Phi) is 6.35. The van der Waals surface area contributed by atoms with Gasteiger partial charge < -0.3 is 10.1 Å². The van der Waals surface area contributed by atoms with Gasteiger partial charge in [-0.2, -0.15) is 11.8 Å². The van der Waals surface area contributed by atoms with Gasteiger partial charge in [0.05, 0.1) is 12.0 Å². The predicted molar refractivity (Wildman–Crippen MR) is 75.8 cm³/mol. The quantitative estimate of drug-likeness (QED) is 0.446. The predicted octanol–water partition coefficient (Wildman–Crippen LogP) is 3.16. The fraction of sp³-hybridized carbons (Fsp3) is 0.500. The van der Waals surface area contributed by atoms with Crippen LogP contribution in [0.25, 0.3) is 0 Å². The van der Waals surface area contributed by atoms with E-state index in [1.54, 1.807) is 31.0 Å². The normalized spacial score (nSPS) is 10.1. The Morgan fingerprint density at radius 2 is 2.22 bits per heavy atom. The minimum Gasteiger partial charge on any atom is -0.497 e. The Morgan fingerprint density at radius 3 is 2.83 bits per heavy atom. The van der Waals surface area contributed by atoms with Crippen LogP contribution in [-0.4, -0.2) is 30.6 Å². The molecule has 0 aliphatic rings. The molecule has 0 aromatic heterocycles. The number of unbranched alkanes of at least 4 members (excludes halogenated alkanes) is 1. The number of anilines is 1. The van der Waals surface area contributed by atoms with Crippen LogP contribution in [0.2, 0.25) is 0 Å². The van der Waals surface area contributed by atoms with Gasteiger partial charge >= 0.3 is 0 Å². The lowest BCUT2D eigenvalue weighted by Crippen LogP contribution is -2.05. The van der Waals surface area contributed by atoms with E-state index in [0.717, 1.165) is 25.1 Å². The third-order valence-electron chi connectivity index (χ3n) is 2.49. The van der Waals surface area contributed by atoms with Crippen molar-refractivity contribution < 1.29 is 9.66 Å². The summed E-state index contributed by atoms with van der Waals surface area (Å²) in [5, 5.41) is 14.0. The second-order valence-corrected chi connectivity index (χ2v) is 4.75. The summed E-state index contributed by atoms with van der Waals surface area (Å²) < 4.78 is 5.07. The number of methoxy groups -OCH3 is 1. The molecular weight excluding hydrogens is 252 g/mol. The molecule has 0 heterocycles. The van der Waals surface area contributed by atoms with Crippen LogP contribution in [0.5, 0.6) is 5.75 Å². The standard InChI is InChI=1S/C12H18N2O3S/c1-17-10-5-6-12(14(15)16)11(9-10)13-7-3-4-8-18-2/h5-6,9,13H,3-4,7-8H2,1-2H3. The first-order valence-corrected chi connectivity index (χ1v) is 7.13. The third kappa shape index (κ3) is 4.44. The number of hydrogen-bond acceptors (Lipinski definition) is 5. The minimum absolute atomic E-state index is 0.0840. The highest BCUT2D eigenvalue weighted by Gasteiger charge is 2.13. The average molecular weight is 270 g/mol. The molecule has 0 bridgehead atoms. The fourth-order valence-corrected chi connectivity index (χ4v) is 2.03. The molecule has 0 aliphatic heterocycles. The summed E-state index contributed by atoms with van der Waals surface area (Å²) in [7, 11) is 1.55. The van der Waals surface area contributed by atoms with Crippen molar-refractivity contribution in [2.75, 3.05) is 31.0 Å². The summed E-state index contributed by atoms with van der Waals surface area (Å²) >= 11 is 1.81. The van der Waals surface area contributed by atoms with Gasteiger partial charge in [-0.3, -0.25) is 10.1 Å². The summed E-state index contributed by atoms with van der Waals surface area (Å²) in [6.07, 6.45) is 4.17. The SMILES string of the molecule is COc1ccc([N+](=O)[O-])c(NCCCCSC)c1. The largest absolute Gasteiger partial charge is 0.497 e. The number of nitrogens with one attached hydrogen (secondary N) is 1. The topological polar surface area (TPSA) is 64.4 Å². The molecule has 1 N–H and O–H groups in total. The molecule has 0 saturated heterocycles. The van der Waals surface area contributed by atoms with Crippen molar-refractivity contribution in [3.8, 4) is 5.75 Å². The van der Waals surface area contributed by atoms with Gasteiger partial charge in [-0.25, -0.2) is 0 Å². The zero-order chi connectivity index (χ0) is 13.4. The third-order valence-corrected chi connectivity index (χ3v) is 3.19. The van der Waals surface area contributed by atoms with E-state index < -0.39 is 0 Å². The Hall–Kier alpha value is -1.43. The molecule has 1 aromatic carbocycles. The Labute approximate surface area is 111 Å². The Balaban J connectivity index is 2.63. The molecule has 0 unspecified atom stereocenters. The second-order valence-electron chi connectivity index (χ2n) is 3.77. The molecule has 0 saturated carbocycles. The number of nitrogens with zero attached hydrogens (tertiary/aromatic N) is 1. The van der Waals surface area contributed by atoms with Gasteiger partial charge in [-0.05, 0) is 30.9 Å². The first-order chi connectivity index (χ1) is 8.69. The van der Waals surface area contributed by atoms with Gasteiger partial charge in [0, 0.05) is 18.7 Å². The molecule has 18 heavy (non-hydrogen) atoms. The average Bonchev–Trinajstić information content (AvgIpc) is 2.38. The highest BCUT2D eigenvalue weighted by atomic mass is 32.2. The Bertz CT molecular complexity index is 399. The maximum absolute atomic E-state index is 10.9. The van der Waals surface area contributed by atoms with Crippen LogP contribution in [0.4, 0.5) is 11.4 Å². The van der Waals surface area contributed by atoms with Gasteiger partial charge in [0.25, 0.3) is 5.69 Å². The van der Waals surface area contributed by atoms with E-state index in [1.807, 2.05) is 0 Å².